The zero-order valence-corrected chi connectivity index (χ0v) is 6.37. The minimum atomic E-state index is -2.26. The first-order chi connectivity index (χ1) is 5.90. The van der Waals surface area contributed by atoms with Crippen LogP contribution in [0.4, 0.5) is 0 Å². The zero-order valence-electron chi connectivity index (χ0n) is 6.37. The van der Waals surface area contributed by atoms with Gasteiger partial charge in [-0.1, -0.05) is 0 Å². The smallest absolute Gasteiger partial charge is 0.460 e. The maximum Gasteiger partial charge on any atom is 0.460 e. The Kier molecular flexibility index (Phi) is 1.90. The lowest BCUT2D eigenvalue weighted by Crippen LogP contribution is -2.58. The molecule has 8 nitrogen and oxygen atoms in total. The van der Waals surface area contributed by atoms with E-state index in [0.717, 1.165) is 0 Å². The topological polar surface area (TPSA) is 124 Å². The van der Waals surface area contributed by atoms with E-state index in [1.165, 1.54) is 0 Å². The van der Waals surface area contributed by atoms with E-state index >= 15 is 0 Å². The zero-order chi connectivity index (χ0) is 10.2. The van der Waals surface area contributed by atoms with Crippen molar-refractivity contribution in [1.82, 2.24) is 0 Å². The second kappa shape index (κ2) is 2.64. The van der Waals surface area contributed by atoms with Crippen molar-refractivity contribution in [3.8, 4) is 0 Å². The van der Waals surface area contributed by atoms with Crippen molar-refractivity contribution in [1.29, 1.82) is 0 Å². The molecule has 0 atom stereocenters. The largest absolute Gasteiger partial charge is 0.481 e. The van der Waals surface area contributed by atoms with Crippen LogP contribution in [0.1, 0.15) is 12.8 Å². The van der Waals surface area contributed by atoms with Crippen LogP contribution in [0.25, 0.3) is 0 Å². The summed E-state index contributed by atoms with van der Waals surface area (Å²) in [4.78, 5) is 28.8. The minimum Gasteiger partial charge on any atom is -0.481 e. The quantitative estimate of drug-likeness (QED) is 0.371. The highest BCUT2D eigenvalue weighted by atomic mass is 16.7. The molecule has 0 spiro atoms. The van der Waals surface area contributed by atoms with Gasteiger partial charge in [-0.05, 0) is 0 Å². The summed E-state index contributed by atoms with van der Waals surface area (Å²) in [5.74, 6) is -2.19. The van der Waals surface area contributed by atoms with E-state index in [1.807, 2.05) is 0 Å². The molecule has 0 bridgehead atoms. The fourth-order valence-corrected chi connectivity index (χ4v) is 1.27. The second-order valence-electron chi connectivity index (χ2n) is 2.94. The van der Waals surface area contributed by atoms with E-state index in [1.54, 1.807) is 0 Å². The normalized spacial score (nSPS) is 20.3. The standard InChI is InChI=1S/C5H6N2O6/c8-4(9)3-1-5(2-3,6(10)11)7(12)13/h3H,1-2H2,(H,8,9). The molecule has 8 heteroatoms. The molecule has 13 heavy (non-hydrogen) atoms. The molecular formula is C5H6N2O6. The Balaban J connectivity index is 2.75. The van der Waals surface area contributed by atoms with Gasteiger partial charge in [-0.3, -0.25) is 25.0 Å². The number of rotatable bonds is 3. The monoisotopic (exact) mass is 190 g/mol. The molecule has 0 amide bonds. The molecular weight excluding hydrogens is 184 g/mol. The Labute approximate surface area is 71.5 Å². The highest BCUT2D eigenvalue weighted by Crippen LogP contribution is 2.40. The van der Waals surface area contributed by atoms with Gasteiger partial charge in [-0.25, -0.2) is 0 Å². The number of carbonyl (C=O) groups is 1. The van der Waals surface area contributed by atoms with E-state index in [-0.39, 0.29) is 0 Å². The Morgan fingerprint density at radius 1 is 1.31 bits per heavy atom. The SMILES string of the molecule is O=C(O)C1CC([N+](=O)[O-])([N+](=O)[O-])C1. The number of carboxylic acid groups (broad SMARTS) is 1. The van der Waals surface area contributed by atoms with Crippen molar-refractivity contribution >= 4 is 5.97 Å². The second-order valence-corrected chi connectivity index (χ2v) is 2.94. The summed E-state index contributed by atoms with van der Waals surface area (Å²) in [7, 11) is 0. The van der Waals surface area contributed by atoms with Crippen LogP contribution in [0.15, 0.2) is 0 Å². The third-order valence-electron chi connectivity index (χ3n) is 2.18. The summed E-state index contributed by atoms with van der Waals surface area (Å²) in [6, 6.07) is 0. The molecule has 0 heterocycles. The lowest BCUT2D eigenvalue weighted by atomic mass is 9.75. The van der Waals surface area contributed by atoms with Gasteiger partial charge in [0, 0.05) is 0 Å². The third kappa shape index (κ3) is 1.19. The van der Waals surface area contributed by atoms with Gasteiger partial charge >= 0.3 is 11.6 Å². The van der Waals surface area contributed by atoms with Crippen LogP contribution in [-0.4, -0.2) is 26.6 Å². The molecule has 0 aromatic carbocycles. The van der Waals surface area contributed by atoms with Gasteiger partial charge in [0.05, 0.1) is 15.8 Å². The average molecular weight is 190 g/mol. The van der Waals surface area contributed by atoms with Gasteiger partial charge < -0.3 is 5.11 Å². The molecule has 1 N–H and O–H groups in total. The number of carboxylic acids is 1. The predicted molar refractivity (Wildman–Crippen MR) is 37.1 cm³/mol. The molecule has 1 rings (SSSR count). The number of nitro groups is 2. The summed E-state index contributed by atoms with van der Waals surface area (Å²) in [5.41, 5.74) is -2.26. The first-order valence-corrected chi connectivity index (χ1v) is 3.42. The van der Waals surface area contributed by atoms with Crippen molar-refractivity contribution in [3.63, 3.8) is 0 Å². The fraction of sp³-hybridized carbons (Fsp3) is 0.800. The molecule has 1 aliphatic carbocycles. The number of nitrogens with zero attached hydrogens (tertiary/aromatic N) is 2. The van der Waals surface area contributed by atoms with Crippen LogP contribution >= 0.6 is 0 Å². The van der Waals surface area contributed by atoms with Crippen molar-refractivity contribution in [2.75, 3.05) is 0 Å². The first-order valence-electron chi connectivity index (χ1n) is 3.42. The van der Waals surface area contributed by atoms with Crippen LogP contribution in [0, 0.1) is 26.1 Å². The van der Waals surface area contributed by atoms with E-state index in [2.05, 4.69) is 0 Å². The van der Waals surface area contributed by atoms with Gasteiger partial charge in [-0.15, -0.1) is 0 Å². The summed E-state index contributed by atoms with van der Waals surface area (Å²) in [6.07, 6.45) is -1.05. The van der Waals surface area contributed by atoms with Gasteiger partial charge in [0.15, 0.2) is 0 Å². The van der Waals surface area contributed by atoms with Gasteiger partial charge in [0.1, 0.15) is 12.8 Å². The maximum atomic E-state index is 10.3. The maximum absolute atomic E-state index is 10.3. The molecule has 1 aliphatic rings. The Morgan fingerprint density at radius 2 is 1.69 bits per heavy atom. The van der Waals surface area contributed by atoms with Crippen LogP contribution < -0.4 is 0 Å². The summed E-state index contributed by atoms with van der Waals surface area (Å²) in [6.45, 7) is 0. The molecule has 0 aromatic heterocycles. The number of aliphatic carboxylic acids is 1. The lowest BCUT2D eigenvalue weighted by Gasteiger charge is -2.29. The van der Waals surface area contributed by atoms with Gasteiger partial charge in [0.25, 0.3) is 0 Å². The summed E-state index contributed by atoms with van der Waals surface area (Å²) < 4.78 is 0. The minimum absolute atomic E-state index is 0.525. The molecule has 1 fully saturated rings. The fourth-order valence-electron chi connectivity index (χ4n) is 1.27. The van der Waals surface area contributed by atoms with Crippen molar-refractivity contribution in [3.05, 3.63) is 20.2 Å². The molecule has 0 saturated heterocycles. The predicted octanol–water partition coefficient (Wildman–Crippen LogP) is -0.269. The highest BCUT2D eigenvalue weighted by Gasteiger charge is 2.68. The van der Waals surface area contributed by atoms with E-state index in [0.29, 0.717) is 0 Å². The van der Waals surface area contributed by atoms with E-state index < -0.39 is 40.2 Å². The van der Waals surface area contributed by atoms with Crippen LogP contribution in [0.3, 0.4) is 0 Å². The third-order valence-corrected chi connectivity index (χ3v) is 2.18. The molecule has 1 saturated carbocycles. The lowest BCUT2D eigenvalue weighted by molar-refractivity contribution is -0.813. The Hall–Kier alpha value is -1.73. The van der Waals surface area contributed by atoms with Crippen molar-refractivity contribution in [2.45, 2.75) is 18.5 Å². The molecule has 0 aromatic rings. The molecule has 0 unspecified atom stereocenters. The van der Waals surface area contributed by atoms with Crippen LogP contribution in [0.2, 0.25) is 0 Å². The van der Waals surface area contributed by atoms with Crippen LogP contribution in [0.5, 0.6) is 0 Å². The van der Waals surface area contributed by atoms with E-state index in [9.17, 15) is 25.0 Å². The average Bonchev–Trinajstić information content (AvgIpc) is 1.80. The highest BCUT2D eigenvalue weighted by molar-refractivity contribution is 5.71. The molecule has 72 valence electrons. The van der Waals surface area contributed by atoms with Gasteiger partial charge in [-0.2, -0.15) is 0 Å². The Morgan fingerprint density at radius 3 is 1.92 bits per heavy atom. The number of hydrogen-bond donors (Lipinski definition) is 1. The summed E-state index contributed by atoms with van der Waals surface area (Å²) in [5, 5.41) is 29.0. The van der Waals surface area contributed by atoms with Gasteiger partial charge in [0.2, 0.25) is 0 Å². The first kappa shape index (κ1) is 9.36. The number of hydrogen-bond acceptors (Lipinski definition) is 5. The summed E-state index contributed by atoms with van der Waals surface area (Å²) >= 11 is 0. The molecule has 0 radical (unpaired) electrons. The van der Waals surface area contributed by atoms with Crippen molar-refractivity contribution in [2.24, 2.45) is 5.92 Å². The molecule has 0 aliphatic heterocycles. The Bertz CT molecular complexity index is 265. The van der Waals surface area contributed by atoms with Crippen LogP contribution in [-0.2, 0) is 4.79 Å². The van der Waals surface area contributed by atoms with E-state index in [4.69, 9.17) is 5.11 Å². The van der Waals surface area contributed by atoms with Crippen molar-refractivity contribution < 1.29 is 19.7 Å².